The number of benzene rings is 2. The summed E-state index contributed by atoms with van der Waals surface area (Å²) in [4.78, 5) is 22.2. The first-order valence-electron chi connectivity index (χ1n) is 10.8. The van der Waals surface area contributed by atoms with Crippen molar-refractivity contribution >= 4 is 32.6 Å². The van der Waals surface area contributed by atoms with Crippen molar-refractivity contribution in [2.75, 3.05) is 50.9 Å². The van der Waals surface area contributed by atoms with Gasteiger partial charge in [-0.2, -0.15) is 0 Å². The summed E-state index contributed by atoms with van der Waals surface area (Å²) < 4.78 is 12.3. The summed E-state index contributed by atoms with van der Waals surface area (Å²) in [6.07, 6.45) is 0.880. The first-order valence-corrected chi connectivity index (χ1v) is 11.6. The highest BCUT2D eigenvalue weighted by Gasteiger charge is 2.22. The fraction of sp³-hybridized carbons (Fsp3) is 0.417. The third-order valence-corrected chi connectivity index (χ3v) is 6.74. The van der Waals surface area contributed by atoms with Gasteiger partial charge in [0.1, 0.15) is 5.75 Å². The Labute approximate surface area is 187 Å². The number of anilines is 1. The van der Waals surface area contributed by atoms with Gasteiger partial charge in [-0.25, -0.2) is 4.98 Å². The summed E-state index contributed by atoms with van der Waals surface area (Å²) in [6, 6.07) is 13.7. The molecular weight excluding hydrogens is 410 g/mol. The number of fused-ring (bicyclic) bond motifs is 1. The summed E-state index contributed by atoms with van der Waals surface area (Å²) in [5, 5.41) is 0.746. The number of thiazole rings is 1. The highest BCUT2D eigenvalue weighted by molar-refractivity contribution is 7.22. The van der Waals surface area contributed by atoms with E-state index in [1.165, 1.54) is 5.56 Å². The number of amides is 1. The molecule has 6 nitrogen and oxygen atoms in total. The second kappa shape index (κ2) is 10.2. The molecule has 2 aromatic carbocycles. The van der Waals surface area contributed by atoms with Gasteiger partial charge in [0.2, 0.25) is 0 Å². The minimum Gasteiger partial charge on any atom is -0.484 e. The van der Waals surface area contributed by atoms with Crippen LogP contribution in [0.3, 0.4) is 0 Å². The van der Waals surface area contributed by atoms with Crippen molar-refractivity contribution in [2.24, 2.45) is 0 Å². The molecule has 31 heavy (non-hydrogen) atoms. The molecule has 0 bridgehead atoms. The number of para-hydroxylation sites is 1. The molecule has 1 aliphatic rings. The summed E-state index contributed by atoms with van der Waals surface area (Å²) in [7, 11) is 0. The van der Waals surface area contributed by atoms with Gasteiger partial charge in [0.05, 0.1) is 23.4 Å². The second-order valence-electron chi connectivity index (χ2n) is 7.83. The molecule has 1 aromatic heterocycles. The van der Waals surface area contributed by atoms with Gasteiger partial charge < -0.3 is 9.47 Å². The summed E-state index contributed by atoms with van der Waals surface area (Å²) in [6.45, 7) is 9.17. The number of aryl methyl sites for hydroxylation is 2. The van der Waals surface area contributed by atoms with Crippen molar-refractivity contribution in [3.8, 4) is 5.75 Å². The van der Waals surface area contributed by atoms with Crippen molar-refractivity contribution in [1.29, 1.82) is 0 Å². The van der Waals surface area contributed by atoms with Gasteiger partial charge in [0.25, 0.3) is 5.91 Å². The van der Waals surface area contributed by atoms with E-state index in [1.807, 2.05) is 30.3 Å². The Morgan fingerprint density at radius 1 is 1.13 bits per heavy atom. The molecule has 0 unspecified atom stereocenters. The van der Waals surface area contributed by atoms with Crippen LogP contribution in [0.2, 0.25) is 0 Å². The maximum atomic E-state index is 13.2. The van der Waals surface area contributed by atoms with Gasteiger partial charge in [-0.1, -0.05) is 41.7 Å². The molecule has 1 fully saturated rings. The minimum atomic E-state index is -0.0693. The van der Waals surface area contributed by atoms with E-state index >= 15 is 0 Å². The molecule has 0 saturated carbocycles. The van der Waals surface area contributed by atoms with Crippen LogP contribution in [0, 0.1) is 13.8 Å². The third-order valence-electron chi connectivity index (χ3n) is 5.53. The molecule has 1 aliphatic heterocycles. The van der Waals surface area contributed by atoms with Crippen LogP contribution in [-0.4, -0.2) is 61.8 Å². The smallest absolute Gasteiger partial charge is 0.266 e. The summed E-state index contributed by atoms with van der Waals surface area (Å²) in [5.74, 6) is 0.625. The van der Waals surface area contributed by atoms with Crippen molar-refractivity contribution < 1.29 is 14.3 Å². The molecule has 1 amide bonds. The van der Waals surface area contributed by atoms with E-state index in [4.69, 9.17) is 14.5 Å². The third kappa shape index (κ3) is 5.42. The summed E-state index contributed by atoms with van der Waals surface area (Å²) >= 11 is 1.59. The Morgan fingerprint density at radius 2 is 1.87 bits per heavy atom. The monoisotopic (exact) mass is 439 g/mol. The lowest BCUT2D eigenvalue weighted by molar-refractivity contribution is -0.120. The van der Waals surface area contributed by atoms with Crippen LogP contribution >= 0.6 is 11.3 Å². The van der Waals surface area contributed by atoms with Gasteiger partial charge in [-0.05, 0) is 43.5 Å². The number of carbonyl (C=O) groups is 1. The van der Waals surface area contributed by atoms with Crippen LogP contribution < -0.4 is 9.64 Å². The highest BCUT2D eigenvalue weighted by Crippen LogP contribution is 2.33. The fourth-order valence-electron chi connectivity index (χ4n) is 3.71. The molecule has 0 aliphatic carbocycles. The van der Waals surface area contributed by atoms with E-state index in [-0.39, 0.29) is 12.5 Å². The molecule has 3 aromatic rings. The van der Waals surface area contributed by atoms with Crippen LogP contribution in [0.4, 0.5) is 5.13 Å². The van der Waals surface area contributed by atoms with Gasteiger partial charge in [0.15, 0.2) is 11.7 Å². The average Bonchev–Trinajstić information content (AvgIpc) is 3.25. The lowest BCUT2D eigenvalue weighted by Crippen LogP contribution is -2.40. The number of morpholine rings is 1. The first kappa shape index (κ1) is 21.7. The van der Waals surface area contributed by atoms with Crippen molar-refractivity contribution in [3.63, 3.8) is 0 Å². The molecule has 2 heterocycles. The average molecular weight is 440 g/mol. The topological polar surface area (TPSA) is 54.9 Å². The van der Waals surface area contributed by atoms with E-state index in [9.17, 15) is 4.79 Å². The minimum absolute atomic E-state index is 0.00451. The van der Waals surface area contributed by atoms with Crippen LogP contribution in [0.15, 0.2) is 42.5 Å². The van der Waals surface area contributed by atoms with Crippen molar-refractivity contribution in [3.05, 3.63) is 53.6 Å². The van der Waals surface area contributed by atoms with E-state index < -0.39 is 0 Å². The number of rotatable bonds is 8. The fourth-order valence-corrected chi connectivity index (χ4v) is 4.86. The lowest BCUT2D eigenvalue weighted by atomic mass is 10.1. The largest absolute Gasteiger partial charge is 0.484 e. The van der Waals surface area contributed by atoms with Crippen molar-refractivity contribution in [1.82, 2.24) is 9.88 Å². The molecule has 7 heteroatoms. The van der Waals surface area contributed by atoms with Crippen LogP contribution in [0.5, 0.6) is 5.75 Å². The van der Waals surface area contributed by atoms with Gasteiger partial charge in [-0.15, -0.1) is 0 Å². The maximum Gasteiger partial charge on any atom is 0.266 e. The van der Waals surface area contributed by atoms with E-state index in [1.54, 1.807) is 16.2 Å². The number of hydrogen-bond donors (Lipinski definition) is 0. The molecule has 0 atom stereocenters. The number of hydrogen-bond acceptors (Lipinski definition) is 6. The Balaban J connectivity index is 1.50. The SMILES string of the molecule is Cc1ccc(C)c2sc(N(CCCN3CCOCC3)C(=O)COc3ccccc3)nc12. The summed E-state index contributed by atoms with van der Waals surface area (Å²) in [5.41, 5.74) is 3.30. The molecule has 4 rings (SSSR count). The predicted molar refractivity (Wildman–Crippen MR) is 125 cm³/mol. The number of nitrogens with zero attached hydrogens (tertiary/aromatic N) is 3. The lowest BCUT2D eigenvalue weighted by Gasteiger charge is -2.27. The predicted octanol–water partition coefficient (Wildman–Crippen LogP) is 4.05. The molecule has 0 spiro atoms. The van der Waals surface area contributed by atoms with E-state index in [2.05, 4.69) is 30.9 Å². The quantitative estimate of drug-likeness (QED) is 0.530. The number of aromatic nitrogens is 1. The highest BCUT2D eigenvalue weighted by atomic mass is 32.1. The molecular formula is C24H29N3O3S. The standard InChI is InChI=1S/C24H29N3O3S/c1-18-9-10-19(2)23-22(18)25-24(31-23)27(12-6-11-26-13-15-29-16-14-26)21(28)17-30-20-7-4-3-5-8-20/h3-5,7-10H,6,11-17H2,1-2H3. The number of carbonyl (C=O) groups excluding carboxylic acids is 1. The first-order chi connectivity index (χ1) is 15.1. The molecule has 0 radical (unpaired) electrons. The zero-order valence-electron chi connectivity index (χ0n) is 18.2. The number of ether oxygens (including phenoxy) is 2. The Hall–Kier alpha value is -2.48. The van der Waals surface area contributed by atoms with Crippen LogP contribution in [-0.2, 0) is 9.53 Å². The van der Waals surface area contributed by atoms with E-state index in [0.29, 0.717) is 12.3 Å². The van der Waals surface area contributed by atoms with Gasteiger partial charge >= 0.3 is 0 Å². The molecule has 164 valence electrons. The van der Waals surface area contributed by atoms with Gasteiger partial charge in [-0.3, -0.25) is 14.6 Å². The second-order valence-corrected chi connectivity index (χ2v) is 8.81. The van der Waals surface area contributed by atoms with Crippen LogP contribution in [0.25, 0.3) is 10.2 Å². The zero-order chi connectivity index (χ0) is 21.6. The van der Waals surface area contributed by atoms with Gasteiger partial charge in [0, 0.05) is 26.2 Å². The molecule has 1 saturated heterocycles. The normalized spacial score (nSPS) is 14.6. The Morgan fingerprint density at radius 3 is 2.61 bits per heavy atom. The molecule has 0 N–H and O–H groups in total. The zero-order valence-corrected chi connectivity index (χ0v) is 19.0. The Kier molecular flexibility index (Phi) is 7.17. The van der Waals surface area contributed by atoms with E-state index in [0.717, 1.165) is 60.2 Å². The maximum absolute atomic E-state index is 13.2. The van der Waals surface area contributed by atoms with Crippen molar-refractivity contribution in [2.45, 2.75) is 20.3 Å². The Bertz CT molecular complexity index is 977. The van der Waals surface area contributed by atoms with Crippen LogP contribution in [0.1, 0.15) is 17.5 Å².